The Balaban J connectivity index is 1.44. The molecule has 114 valence electrons. The van der Waals surface area contributed by atoms with Gasteiger partial charge >= 0.3 is 0 Å². The van der Waals surface area contributed by atoms with Crippen LogP contribution in [0.3, 0.4) is 0 Å². The number of piperidine rings is 1. The third-order valence-electron chi connectivity index (χ3n) is 4.54. The highest BCUT2D eigenvalue weighted by atomic mass is 16.5. The van der Waals surface area contributed by atoms with Gasteiger partial charge in [0.15, 0.2) is 0 Å². The van der Waals surface area contributed by atoms with Crippen molar-refractivity contribution >= 4 is 5.69 Å². The fourth-order valence-electron chi connectivity index (χ4n) is 3.44. The van der Waals surface area contributed by atoms with Crippen molar-refractivity contribution in [1.82, 2.24) is 10.3 Å². The molecule has 1 aromatic carbocycles. The van der Waals surface area contributed by atoms with E-state index in [1.807, 2.05) is 24.4 Å². The summed E-state index contributed by atoms with van der Waals surface area (Å²) >= 11 is 0. The van der Waals surface area contributed by atoms with Crippen LogP contribution in [0.4, 0.5) is 5.69 Å². The third-order valence-corrected chi connectivity index (χ3v) is 4.54. The van der Waals surface area contributed by atoms with E-state index in [1.54, 1.807) is 6.20 Å². The van der Waals surface area contributed by atoms with Crippen LogP contribution in [0, 0.1) is 5.92 Å². The normalized spacial score (nSPS) is 23.5. The van der Waals surface area contributed by atoms with Gasteiger partial charge in [-0.2, -0.15) is 0 Å². The summed E-state index contributed by atoms with van der Waals surface area (Å²) in [7, 11) is 0. The minimum absolute atomic E-state index is 0.582. The van der Waals surface area contributed by atoms with Gasteiger partial charge in [-0.1, -0.05) is 30.3 Å². The summed E-state index contributed by atoms with van der Waals surface area (Å²) < 4.78 is 5.89. The Hall–Kier alpha value is -2.07. The predicted molar refractivity (Wildman–Crippen MR) is 87.1 cm³/mol. The van der Waals surface area contributed by atoms with Gasteiger partial charge in [-0.3, -0.25) is 4.98 Å². The fourth-order valence-corrected chi connectivity index (χ4v) is 3.44. The quantitative estimate of drug-likeness (QED) is 0.940. The average molecular weight is 295 g/mol. The van der Waals surface area contributed by atoms with Gasteiger partial charge in [-0.15, -0.1) is 0 Å². The molecule has 0 radical (unpaired) electrons. The van der Waals surface area contributed by atoms with Crippen molar-refractivity contribution in [1.29, 1.82) is 0 Å². The molecule has 2 fully saturated rings. The van der Waals surface area contributed by atoms with E-state index in [0.717, 1.165) is 31.3 Å². The number of aromatic nitrogens is 1. The summed E-state index contributed by atoms with van der Waals surface area (Å²) in [4.78, 5) is 6.79. The Morgan fingerprint density at radius 2 is 2.09 bits per heavy atom. The molecule has 4 heteroatoms. The molecule has 0 saturated carbocycles. The molecule has 2 aliphatic rings. The van der Waals surface area contributed by atoms with Crippen LogP contribution < -0.4 is 15.0 Å². The van der Waals surface area contributed by atoms with Gasteiger partial charge in [0.05, 0.1) is 18.1 Å². The summed E-state index contributed by atoms with van der Waals surface area (Å²) in [6.45, 7) is 3.92. The zero-order valence-electron chi connectivity index (χ0n) is 12.6. The molecule has 2 atom stereocenters. The van der Waals surface area contributed by atoms with E-state index in [1.165, 1.54) is 17.7 Å². The first-order valence-electron chi connectivity index (χ1n) is 7.97. The second-order valence-electron chi connectivity index (χ2n) is 6.26. The Labute approximate surface area is 131 Å². The molecule has 2 saturated heterocycles. The van der Waals surface area contributed by atoms with Crippen molar-refractivity contribution in [2.75, 3.05) is 24.5 Å². The molecule has 2 aliphatic heterocycles. The lowest BCUT2D eigenvalue weighted by molar-refractivity contribution is 0.305. The molecule has 22 heavy (non-hydrogen) atoms. The third kappa shape index (κ3) is 2.92. The molecule has 0 amide bonds. The zero-order chi connectivity index (χ0) is 14.8. The van der Waals surface area contributed by atoms with E-state index in [-0.39, 0.29) is 0 Å². The molecular formula is C18H21N3O. The van der Waals surface area contributed by atoms with Gasteiger partial charge in [0, 0.05) is 31.7 Å². The van der Waals surface area contributed by atoms with Crippen molar-refractivity contribution in [3.63, 3.8) is 0 Å². The monoisotopic (exact) mass is 295 g/mol. The summed E-state index contributed by atoms with van der Waals surface area (Å²) in [5, 5.41) is 3.59. The smallest absolute Gasteiger partial charge is 0.140 e. The molecular weight excluding hydrogens is 274 g/mol. The molecule has 0 spiro atoms. The van der Waals surface area contributed by atoms with Gasteiger partial charge in [-0.25, -0.2) is 0 Å². The van der Waals surface area contributed by atoms with E-state index in [4.69, 9.17) is 4.74 Å². The van der Waals surface area contributed by atoms with Crippen molar-refractivity contribution in [3.05, 3.63) is 54.4 Å². The minimum atomic E-state index is 0.582. The number of hydrogen-bond acceptors (Lipinski definition) is 4. The van der Waals surface area contributed by atoms with Gasteiger partial charge in [0.25, 0.3) is 0 Å². The van der Waals surface area contributed by atoms with Crippen LogP contribution in [-0.2, 0) is 6.61 Å². The second-order valence-corrected chi connectivity index (χ2v) is 6.26. The van der Waals surface area contributed by atoms with Crippen molar-refractivity contribution in [3.8, 4) is 5.75 Å². The zero-order valence-corrected chi connectivity index (χ0v) is 12.6. The summed E-state index contributed by atoms with van der Waals surface area (Å²) in [5.74, 6) is 1.61. The lowest BCUT2D eigenvalue weighted by Crippen LogP contribution is -2.41. The highest BCUT2D eigenvalue weighted by Gasteiger charge is 2.32. The molecule has 2 bridgehead atoms. The van der Waals surface area contributed by atoms with Gasteiger partial charge in [0.2, 0.25) is 0 Å². The Kier molecular flexibility index (Phi) is 3.69. The van der Waals surface area contributed by atoms with Crippen LogP contribution in [0.5, 0.6) is 5.75 Å². The second kappa shape index (κ2) is 5.97. The van der Waals surface area contributed by atoms with Gasteiger partial charge in [-0.05, 0) is 17.9 Å². The molecule has 4 nitrogen and oxygen atoms in total. The number of anilines is 1. The summed E-state index contributed by atoms with van der Waals surface area (Å²) in [6, 6.07) is 13.0. The minimum Gasteiger partial charge on any atom is -0.487 e. The maximum Gasteiger partial charge on any atom is 0.140 e. The number of rotatable bonds is 4. The van der Waals surface area contributed by atoms with Crippen LogP contribution in [0.15, 0.2) is 48.8 Å². The molecule has 2 aromatic rings. The van der Waals surface area contributed by atoms with E-state index in [0.29, 0.717) is 12.6 Å². The Morgan fingerprint density at radius 1 is 1.18 bits per heavy atom. The molecule has 1 aromatic heterocycles. The lowest BCUT2D eigenvalue weighted by Gasteiger charge is -2.32. The first kappa shape index (κ1) is 13.6. The van der Waals surface area contributed by atoms with E-state index < -0.39 is 0 Å². The molecule has 4 rings (SSSR count). The maximum absolute atomic E-state index is 5.89. The number of fused-ring (bicyclic) bond motifs is 2. The van der Waals surface area contributed by atoms with Crippen LogP contribution >= 0.6 is 0 Å². The van der Waals surface area contributed by atoms with Gasteiger partial charge < -0.3 is 15.0 Å². The fraction of sp³-hybridized carbons (Fsp3) is 0.389. The largest absolute Gasteiger partial charge is 0.487 e. The predicted octanol–water partition coefficient (Wildman–Crippen LogP) is 2.46. The Bertz CT molecular complexity index is 619. The van der Waals surface area contributed by atoms with E-state index in [9.17, 15) is 0 Å². The highest BCUT2D eigenvalue weighted by Crippen LogP contribution is 2.28. The van der Waals surface area contributed by atoms with Crippen molar-refractivity contribution in [2.24, 2.45) is 5.92 Å². The van der Waals surface area contributed by atoms with Crippen LogP contribution in [0.2, 0.25) is 0 Å². The molecule has 2 unspecified atom stereocenters. The highest BCUT2D eigenvalue weighted by molar-refractivity contribution is 5.49. The first-order valence-corrected chi connectivity index (χ1v) is 7.97. The van der Waals surface area contributed by atoms with Gasteiger partial charge in [0.1, 0.15) is 12.4 Å². The number of pyridine rings is 1. The number of ether oxygens (including phenoxy) is 1. The van der Waals surface area contributed by atoms with Crippen molar-refractivity contribution in [2.45, 2.75) is 19.1 Å². The van der Waals surface area contributed by atoms with Crippen LogP contribution in [-0.4, -0.2) is 30.7 Å². The lowest BCUT2D eigenvalue weighted by atomic mass is 10.00. The Morgan fingerprint density at radius 3 is 2.95 bits per heavy atom. The number of nitrogens with zero attached hydrogens (tertiary/aromatic N) is 2. The first-order chi connectivity index (χ1) is 10.9. The number of nitrogens with one attached hydrogen (secondary N) is 1. The van der Waals surface area contributed by atoms with E-state index >= 15 is 0 Å². The maximum atomic E-state index is 5.89. The molecule has 1 N–H and O–H groups in total. The number of hydrogen-bond donors (Lipinski definition) is 1. The van der Waals surface area contributed by atoms with E-state index in [2.05, 4.69) is 33.4 Å². The average Bonchev–Trinajstić information content (AvgIpc) is 2.92. The summed E-state index contributed by atoms with van der Waals surface area (Å²) in [6.07, 6.45) is 5.05. The number of benzene rings is 1. The van der Waals surface area contributed by atoms with Crippen LogP contribution in [0.1, 0.15) is 12.0 Å². The SMILES string of the molecule is c1ccc(COc2cncc(N3CC4CNC(C4)C3)c2)cc1. The molecule has 3 heterocycles. The summed E-state index contributed by atoms with van der Waals surface area (Å²) in [5.41, 5.74) is 2.34. The molecule has 0 aliphatic carbocycles. The van der Waals surface area contributed by atoms with Crippen molar-refractivity contribution < 1.29 is 4.74 Å². The topological polar surface area (TPSA) is 37.4 Å². The standard InChI is InChI=1S/C18H21N3O/c1-2-4-14(5-3-1)13-22-18-7-17(9-19-10-18)21-11-15-6-16(12-21)20-8-15/h1-5,7,9-10,15-16,20H,6,8,11-13H2. The van der Waals surface area contributed by atoms with Crippen LogP contribution in [0.25, 0.3) is 0 Å².